The Bertz CT molecular complexity index is 530. The number of methoxy groups -OCH3 is 1. The van der Waals surface area contributed by atoms with Gasteiger partial charge in [-0.1, -0.05) is 0 Å². The normalized spacial score (nSPS) is 11.9. The molecule has 0 bridgehead atoms. The Balaban J connectivity index is 2.12. The number of hydrogen-bond donors (Lipinski definition) is 1. The van der Waals surface area contributed by atoms with Crippen molar-refractivity contribution in [2.24, 2.45) is 0 Å². The highest BCUT2D eigenvalue weighted by molar-refractivity contribution is 7.09. The summed E-state index contributed by atoms with van der Waals surface area (Å²) in [6.45, 7) is 1.96. The summed E-state index contributed by atoms with van der Waals surface area (Å²) in [5.41, 5.74) is 0.175. The molecule has 1 unspecified atom stereocenters. The number of carbonyl (C=O) groups excluding carboxylic acids is 1. The van der Waals surface area contributed by atoms with Gasteiger partial charge in [-0.3, -0.25) is 4.98 Å². The van der Waals surface area contributed by atoms with E-state index in [0.717, 1.165) is 5.01 Å². The fourth-order valence-corrected chi connectivity index (χ4v) is 2.02. The Hall–Kier alpha value is -2.02. The van der Waals surface area contributed by atoms with Crippen molar-refractivity contribution in [2.75, 3.05) is 12.4 Å². The molecule has 2 aromatic heterocycles. The minimum Gasteiger partial charge on any atom is -0.464 e. The fraction of sp³-hybridized carbons (Fsp3) is 0.273. The highest BCUT2D eigenvalue weighted by atomic mass is 32.1. The van der Waals surface area contributed by atoms with E-state index in [0.29, 0.717) is 5.82 Å². The maximum Gasteiger partial charge on any atom is 0.358 e. The van der Waals surface area contributed by atoms with Gasteiger partial charge in [0.25, 0.3) is 0 Å². The van der Waals surface area contributed by atoms with Crippen molar-refractivity contribution in [3.05, 3.63) is 34.7 Å². The monoisotopic (exact) mass is 264 g/mol. The average Bonchev–Trinajstić information content (AvgIpc) is 2.92. The number of rotatable bonds is 4. The van der Waals surface area contributed by atoms with E-state index >= 15 is 0 Å². The number of aromatic nitrogens is 3. The predicted molar refractivity (Wildman–Crippen MR) is 67.5 cm³/mol. The highest BCUT2D eigenvalue weighted by Gasteiger charge is 2.12. The number of nitrogens with zero attached hydrogens (tertiary/aromatic N) is 3. The van der Waals surface area contributed by atoms with Crippen LogP contribution in [0.4, 0.5) is 5.82 Å². The maximum atomic E-state index is 11.3. The van der Waals surface area contributed by atoms with E-state index in [1.807, 2.05) is 12.3 Å². The minimum absolute atomic E-state index is 0.00666. The van der Waals surface area contributed by atoms with Gasteiger partial charge >= 0.3 is 5.97 Å². The van der Waals surface area contributed by atoms with Crippen LogP contribution in [-0.2, 0) is 4.74 Å². The van der Waals surface area contributed by atoms with Crippen molar-refractivity contribution in [1.82, 2.24) is 15.0 Å². The lowest BCUT2D eigenvalue weighted by atomic mass is 10.3. The molecule has 0 aliphatic carbocycles. The standard InChI is InChI=1S/C11H12N4O2S/c1-7(10-13-3-4-18-10)14-9-6-12-5-8(15-9)11(16)17-2/h3-7H,1-2H3,(H,14,15). The van der Waals surface area contributed by atoms with Gasteiger partial charge in [0, 0.05) is 11.6 Å². The zero-order valence-electron chi connectivity index (χ0n) is 9.95. The lowest BCUT2D eigenvalue weighted by Gasteiger charge is -2.11. The Kier molecular flexibility index (Phi) is 3.83. The topological polar surface area (TPSA) is 77.0 Å². The molecule has 0 saturated carbocycles. The van der Waals surface area contributed by atoms with Crippen LogP contribution in [0.1, 0.15) is 28.5 Å². The van der Waals surface area contributed by atoms with Gasteiger partial charge in [-0.2, -0.15) is 0 Å². The molecule has 0 radical (unpaired) electrons. The maximum absolute atomic E-state index is 11.3. The van der Waals surface area contributed by atoms with Gasteiger partial charge in [0.05, 0.1) is 25.5 Å². The SMILES string of the molecule is COC(=O)c1cncc(NC(C)c2nccs2)n1. The third-order valence-corrected chi connectivity index (χ3v) is 3.17. The molecule has 2 aromatic rings. The van der Waals surface area contributed by atoms with Crippen LogP contribution in [-0.4, -0.2) is 28.0 Å². The van der Waals surface area contributed by atoms with Crippen molar-refractivity contribution in [3.63, 3.8) is 0 Å². The zero-order chi connectivity index (χ0) is 13.0. The first-order valence-electron chi connectivity index (χ1n) is 5.27. The molecule has 18 heavy (non-hydrogen) atoms. The number of carbonyl (C=O) groups is 1. The molecule has 7 heteroatoms. The highest BCUT2D eigenvalue weighted by Crippen LogP contribution is 2.19. The number of hydrogen-bond acceptors (Lipinski definition) is 7. The number of nitrogens with one attached hydrogen (secondary N) is 1. The van der Waals surface area contributed by atoms with Crippen LogP contribution in [0.5, 0.6) is 0 Å². The quantitative estimate of drug-likeness (QED) is 0.850. The average molecular weight is 264 g/mol. The number of ether oxygens (including phenoxy) is 1. The van der Waals surface area contributed by atoms with E-state index in [9.17, 15) is 4.79 Å². The fourth-order valence-electron chi connectivity index (χ4n) is 1.37. The van der Waals surface area contributed by atoms with Gasteiger partial charge in [-0.25, -0.2) is 14.8 Å². The molecule has 0 spiro atoms. The number of thiazole rings is 1. The second kappa shape index (κ2) is 5.54. The number of esters is 1. The molecule has 0 aliphatic heterocycles. The molecule has 0 aromatic carbocycles. The summed E-state index contributed by atoms with van der Waals surface area (Å²) >= 11 is 1.55. The largest absolute Gasteiger partial charge is 0.464 e. The van der Waals surface area contributed by atoms with Gasteiger partial charge in [0.1, 0.15) is 10.8 Å². The second-order valence-electron chi connectivity index (χ2n) is 3.52. The second-order valence-corrected chi connectivity index (χ2v) is 4.44. The Labute approximate surface area is 108 Å². The summed E-state index contributed by atoms with van der Waals surface area (Å²) in [6, 6.07) is 0.00666. The van der Waals surface area contributed by atoms with Crippen LogP contribution < -0.4 is 5.32 Å². The Morgan fingerprint density at radius 1 is 1.50 bits per heavy atom. The summed E-state index contributed by atoms with van der Waals surface area (Å²) < 4.78 is 4.59. The summed E-state index contributed by atoms with van der Waals surface area (Å²) in [4.78, 5) is 23.6. The van der Waals surface area contributed by atoms with Gasteiger partial charge < -0.3 is 10.1 Å². The van der Waals surface area contributed by atoms with Crippen LogP contribution >= 0.6 is 11.3 Å². The molecule has 94 valence electrons. The van der Waals surface area contributed by atoms with Crippen LogP contribution in [0, 0.1) is 0 Å². The van der Waals surface area contributed by atoms with Gasteiger partial charge in [0.15, 0.2) is 5.69 Å². The summed E-state index contributed by atoms with van der Waals surface area (Å²) in [5, 5.41) is 5.98. The van der Waals surface area contributed by atoms with Crippen molar-refractivity contribution < 1.29 is 9.53 Å². The Morgan fingerprint density at radius 3 is 3.00 bits per heavy atom. The summed E-state index contributed by atoms with van der Waals surface area (Å²) in [7, 11) is 1.31. The van der Waals surface area contributed by atoms with Crippen LogP contribution in [0.3, 0.4) is 0 Å². The molecule has 1 atom stereocenters. The van der Waals surface area contributed by atoms with E-state index in [-0.39, 0.29) is 11.7 Å². The first kappa shape index (κ1) is 12.4. The van der Waals surface area contributed by atoms with E-state index in [1.165, 1.54) is 13.3 Å². The molecule has 2 heterocycles. The molecular formula is C11H12N4O2S. The van der Waals surface area contributed by atoms with Crippen LogP contribution in [0.25, 0.3) is 0 Å². The van der Waals surface area contributed by atoms with Crippen LogP contribution in [0.15, 0.2) is 24.0 Å². The van der Waals surface area contributed by atoms with Crippen molar-refractivity contribution in [3.8, 4) is 0 Å². The summed E-state index contributed by atoms with van der Waals surface area (Å²) in [5.74, 6) is 0.00801. The molecule has 0 aliphatic rings. The predicted octanol–water partition coefficient (Wildman–Crippen LogP) is 1.89. The van der Waals surface area contributed by atoms with E-state index in [4.69, 9.17) is 0 Å². The third kappa shape index (κ3) is 2.80. The van der Waals surface area contributed by atoms with E-state index < -0.39 is 5.97 Å². The molecule has 1 N–H and O–H groups in total. The zero-order valence-corrected chi connectivity index (χ0v) is 10.8. The first-order valence-corrected chi connectivity index (χ1v) is 6.15. The van der Waals surface area contributed by atoms with Gasteiger partial charge in [-0.05, 0) is 6.92 Å². The van der Waals surface area contributed by atoms with Crippen LogP contribution in [0.2, 0.25) is 0 Å². The smallest absolute Gasteiger partial charge is 0.358 e. The first-order chi connectivity index (χ1) is 8.70. The van der Waals surface area contributed by atoms with Crippen molar-refractivity contribution >= 4 is 23.1 Å². The summed E-state index contributed by atoms with van der Waals surface area (Å²) in [6.07, 6.45) is 4.66. The molecular weight excluding hydrogens is 252 g/mol. The molecule has 2 rings (SSSR count). The van der Waals surface area contributed by atoms with Crippen molar-refractivity contribution in [1.29, 1.82) is 0 Å². The van der Waals surface area contributed by atoms with Crippen molar-refractivity contribution in [2.45, 2.75) is 13.0 Å². The Morgan fingerprint density at radius 2 is 2.33 bits per heavy atom. The van der Waals surface area contributed by atoms with E-state index in [1.54, 1.807) is 23.7 Å². The lowest BCUT2D eigenvalue weighted by molar-refractivity contribution is 0.0593. The number of anilines is 1. The minimum atomic E-state index is -0.506. The van der Waals surface area contributed by atoms with E-state index in [2.05, 4.69) is 25.0 Å². The van der Waals surface area contributed by atoms with Gasteiger partial charge in [0.2, 0.25) is 0 Å². The molecule has 0 saturated heterocycles. The third-order valence-electron chi connectivity index (χ3n) is 2.22. The lowest BCUT2D eigenvalue weighted by Crippen LogP contribution is -2.11. The molecule has 0 fully saturated rings. The molecule has 0 amide bonds. The molecule has 6 nitrogen and oxygen atoms in total. The van der Waals surface area contributed by atoms with Gasteiger partial charge in [-0.15, -0.1) is 11.3 Å².